The van der Waals surface area contributed by atoms with Crippen molar-refractivity contribution in [2.75, 3.05) is 11.9 Å². The molecule has 35 heavy (non-hydrogen) atoms. The van der Waals surface area contributed by atoms with Crippen LogP contribution in [-0.2, 0) is 20.0 Å². The molecule has 1 aliphatic carbocycles. The number of nitrogens with zero attached hydrogens (tertiary/aromatic N) is 5. The van der Waals surface area contributed by atoms with Gasteiger partial charge >= 0.3 is 0 Å². The highest BCUT2D eigenvalue weighted by Gasteiger charge is 2.36. The van der Waals surface area contributed by atoms with Gasteiger partial charge in [0, 0.05) is 25.3 Å². The Balaban J connectivity index is 1.35. The molecule has 3 aromatic heterocycles. The van der Waals surface area contributed by atoms with Crippen LogP contribution in [0.25, 0.3) is 11.0 Å². The molecule has 10 nitrogen and oxygen atoms in total. The van der Waals surface area contributed by atoms with Crippen LogP contribution in [0.1, 0.15) is 23.4 Å². The van der Waals surface area contributed by atoms with Gasteiger partial charge in [0.1, 0.15) is 12.1 Å². The number of benzene rings is 1. The lowest BCUT2D eigenvalue weighted by Crippen LogP contribution is -2.53. The molecule has 1 aliphatic rings. The minimum atomic E-state index is -3.82. The van der Waals surface area contributed by atoms with Gasteiger partial charge in [-0.25, -0.2) is 40.5 Å². The highest BCUT2D eigenvalue weighted by Crippen LogP contribution is 2.33. The van der Waals surface area contributed by atoms with Gasteiger partial charge in [-0.3, -0.25) is 0 Å². The van der Waals surface area contributed by atoms with Crippen LogP contribution in [0, 0.1) is 13.8 Å². The van der Waals surface area contributed by atoms with Gasteiger partial charge in [-0.05, 0) is 44.9 Å². The van der Waals surface area contributed by atoms with Crippen LogP contribution in [0.3, 0.4) is 0 Å². The van der Waals surface area contributed by atoms with E-state index in [1.807, 2.05) is 18.9 Å². The lowest BCUT2D eigenvalue weighted by atomic mass is 9.86. The highest BCUT2D eigenvalue weighted by molar-refractivity contribution is 7.91. The Kier molecular flexibility index (Phi) is 5.90. The van der Waals surface area contributed by atoms with Crippen molar-refractivity contribution in [3.05, 3.63) is 59.6 Å². The maximum atomic E-state index is 13.2. The van der Waals surface area contributed by atoms with Crippen molar-refractivity contribution in [3.63, 3.8) is 0 Å². The summed E-state index contributed by atoms with van der Waals surface area (Å²) in [6, 6.07) is 8.20. The Morgan fingerprint density at radius 3 is 2.40 bits per heavy atom. The highest BCUT2D eigenvalue weighted by atomic mass is 32.2. The van der Waals surface area contributed by atoms with E-state index in [4.69, 9.17) is 0 Å². The minimum Gasteiger partial charge on any atom is -0.356 e. The first kappa shape index (κ1) is 23.9. The first-order valence-electron chi connectivity index (χ1n) is 10.9. The first-order valence-corrected chi connectivity index (χ1v) is 14.6. The summed E-state index contributed by atoms with van der Waals surface area (Å²) in [5.41, 5.74) is 1.26. The van der Waals surface area contributed by atoms with E-state index in [0.29, 0.717) is 34.7 Å². The number of nitrogens with one attached hydrogen (secondary N) is 1. The summed E-state index contributed by atoms with van der Waals surface area (Å²) in [5.74, 6) is 0.595. The maximum absolute atomic E-state index is 13.2. The molecule has 0 atom stereocenters. The summed E-state index contributed by atoms with van der Waals surface area (Å²) in [6.45, 7) is 3.66. The normalized spacial score (nSPS) is 18.5. The minimum absolute atomic E-state index is 0.0426. The molecule has 0 unspecified atom stereocenters. The average molecular weight is 533 g/mol. The molecular weight excluding hydrogens is 508 g/mol. The number of aromatic nitrogens is 4. The number of hydrogen-bond donors (Lipinski definition) is 1. The zero-order valence-corrected chi connectivity index (χ0v) is 21.7. The topological polar surface area (TPSA) is 127 Å². The molecule has 1 N–H and O–H groups in total. The van der Waals surface area contributed by atoms with E-state index in [1.54, 1.807) is 37.3 Å². The number of thiazole rings is 1. The van der Waals surface area contributed by atoms with Gasteiger partial charge in [0.15, 0.2) is 9.86 Å². The quantitative estimate of drug-likeness (QED) is 0.385. The van der Waals surface area contributed by atoms with Crippen molar-refractivity contribution in [2.24, 2.45) is 0 Å². The van der Waals surface area contributed by atoms with Crippen molar-refractivity contribution < 1.29 is 16.8 Å². The molecule has 0 spiro atoms. The zero-order chi connectivity index (χ0) is 25.0. The number of anilines is 1. The zero-order valence-electron chi connectivity index (χ0n) is 19.3. The molecule has 13 heteroatoms. The van der Waals surface area contributed by atoms with E-state index in [2.05, 4.69) is 19.7 Å². The third-order valence-electron chi connectivity index (χ3n) is 6.19. The van der Waals surface area contributed by atoms with Gasteiger partial charge < -0.3 is 4.90 Å². The number of fused-ring (bicyclic) bond motifs is 1. The Labute approximate surface area is 207 Å². The Morgan fingerprint density at radius 1 is 1.03 bits per heavy atom. The smallest absolute Gasteiger partial charge is 0.269 e. The van der Waals surface area contributed by atoms with Crippen LogP contribution in [0.2, 0.25) is 0 Å². The predicted molar refractivity (Wildman–Crippen MR) is 134 cm³/mol. The molecule has 4 aromatic rings. The molecule has 0 aliphatic heterocycles. The van der Waals surface area contributed by atoms with Crippen molar-refractivity contribution in [2.45, 2.75) is 47.9 Å². The number of hydrogen-bond acceptors (Lipinski definition) is 9. The molecule has 0 saturated heterocycles. The fraction of sp³-hybridized carbons (Fsp3) is 0.318. The fourth-order valence-electron chi connectivity index (χ4n) is 4.13. The van der Waals surface area contributed by atoms with E-state index in [1.165, 1.54) is 22.7 Å². The van der Waals surface area contributed by atoms with Gasteiger partial charge in [0.2, 0.25) is 0 Å². The summed E-state index contributed by atoms with van der Waals surface area (Å²) < 4.78 is 55.7. The molecule has 1 saturated carbocycles. The van der Waals surface area contributed by atoms with Gasteiger partial charge in [0.25, 0.3) is 20.0 Å². The largest absolute Gasteiger partial charge is 0.356 e. The van der Waals surface area contributed by atoms with Crippen molar-refractivity contribution >= 4 is 48.2 Å². The van der Waals surface area contributed by atoms with Crippen LogP contribution in [-0.4, -0.2) is 54.9 Å². The molecule has 1 aromatic carbocycles. The van der Waals surface area contributed by atoms with Crippen LogP contribution in [0.15, 0.2) is 58.2 Å². The third-order valence-corrected chi connectivity index (χ3v) is 10.8. The van der Waals surface area contributed by atoms with E-state index in [-0.39, 0.29) is 21.2 Å². The standard InChI is InChI=1S/C22H24N6O4S3/c1-14-4-6-18(7-5-14)35(31,32)28-9-8-19-21(24-13-25-22(19)28)27(3)17-10-16(11-17)26-34(29,30)20-12-23-15(2)33-20/h4-9,12-13,16-17,26H,10-11H2,1-3H3. The van der Waals surface area contributed by atoms with Gasteiger partial charge in [-0.15, -0.1) is 11.3 Å². The molecule has 3 heterocycles. The molecule has 184 valence electrons. The molecule has 1 fully saturated rings. The molecule has 5 rings (SSSR count). The second kappa shape index (κ2) is 8.66. The van der Waals surface area contributed by atoms with E-state index < -0.39 is 20.0 Å². The van der Waals surface area contributed by atoms with Crippen LogP contribution < -0.4 is 9.62 Å². The van der Waals surface area contributed by atoms with Crippen molar-refractivity contribution in [1.82, 2.24) is 23.6 Å². The number of rotatable bonds is 7. The number of aryl methyl sites for hydroxylation is 2. The lowest BCUT2D eigenvalue weighted by molar-refractivity contribution is 0.316. The third kappa shape index (κ3) is 4.33. The maximum Gasteiger partial charge on any atom is 0.269 e. The van der Waals surface area contributed by atoms with Crippen LogP contribution >= 0.6 is 11.3 Å². The lowest BCUT2D eigenvalue weighted by Gasteiger charge is -2.41. The monoisotopic (exact) mass is 532 g/mol. The van der Waals surface area contributed by atoms with Crippen LogP contribution in [0.5, 0.6) is 0 Å². The average Bonchev–Trinajstić information content (AvgIpc) is 3.43. The summed E-state index contributed by atoms with van der Waals surface area (Å²) in [6.07, 6.45) is 5.40. The molecule has 0 radical (unpaired) electrons. The second-order valence-electron chi connectivity index (χ2n) is 8.62. The van der Waals surface area contributed by atoms with Gasteiger partial charge in [0.05, 0.1) is 21.5 Å². The summed E-state index contributed by atoms with van der Waals surface area (Å²) >= 11 is 1.14. The van der Waals surface area contributed by atoms with Crippen LogP contribution in [0.4, 0.5) is 5.82 Å². The molecule has 0 bridgehead atoms. The van der Waals surface area contributed by atoms with Crippen molar-refractivity contribution in [1.29, 1.82) is 0 Å². The van der Waals surface area contributed by atoms with Crippen molar-refractivity contribution in [3.8, 4) is 0 Å². The first-order chi connectivity index (χ1) is 16.6. The van der Waals surface area contributed by atoms with Gasteiger partial charge in [-0.1, -0.05) is 17.7 Å². The SMILES string of the molecule is Cc1ccc(S(=O)(=O)n2ccc3c(N(C)C4CC(NS(=O)(=O)c5cnc(C)s5)C4)ncnc32)cc1. The Bertz CT molecular complexity index is 1600. The Morgan fingerprint density at radius 2 is 1.74 bits per heavy atom. The summed E-state index contributed by atoms with van der Waals surface area (Å²) in [4.78, 5) is 14.8. The summed E-state index contributed by atoms with van der Waals surface area (Å²) in [7, 11) is -5.55. The fourth-order valence-corrected chi connectivity index (χ4v) is 7.82. The molecular formula is C22H24N6O4S3. The van der Waals surface area contributed by atoms with E-state index in [9.17, 15) is 16.8 Å². The van der Waals surface area contributed by atoms with E-state index in [0.717, 1.165) is 16.9 Å². The van der Waals surface area contributed by atoms with E-state index >= 15 is 0 Å². The second-order valence-corrected chi connectivity index (χ2v) is 13.6. The number of sulfonamides is 1. The summed E-state index contributed by atoms with van der Waals surface area (Å²) in [5, 5.41) is 1.30. The predicted octanol–water partition coefficient (Wildman–Crippen LogP) is 2.69. The Hall–Kier alpha value is -2.87. The van der Waals surface area contributed by atoms with Gasteiger partial charge in [-0.2, -0.15) is 0 Å². The molecule has 0 amide bonds.